The van der Waals surface area contributed by atoms with E-state index >= 15 is 0 Å². The van der Waals surface area contributed by atoms with Crippen LogP contribution in [0.3, 0.4) is 0 Å². The molecule has 0 radical (unpaired) electrons. The second-order valence-corrected chi connectivity index (χ2v) is 13.3. The van der Waals surface area contributed by atoms with Gasteiger partial charge in [-0.05, 0) is 95.8 Å². The van der Waals surface area contributed by atoms with Gasteiger partial charge in [-0.2, -0.15) is 0 Å². The molecule has 2 N–H and O–H groups in total. The van der Waals surface area contributed by atoms with Crippen molar-refractivity contribution < 1.29 is 33.0 Å². The van der Waals surface area contributed by atoms with Crippen molar-refractivity contribution in [2.24, 2.45) is 5.92 Å². The van der Waals surface area contributed by atoms with Crippen LogP contribution in [0.4, 0.5) is 14.5 Å². The third-order valence-corrected chi connectivity index (χ3v) is 6.38. The number of nitrogens with zero attached hydrogens (tertiary/aromatic N) is 1. The number of alkyl halides is 2. The summed E-state index contributed by atoms with van der Waals surface area (Å²) in [4.78, 5) is 37.5. The van der Waals surface area contributed by atoms with Crippen LogP contribution in [0, 0.1) is 5.92 Å². The van der Waals surface area contributed by atoms with Gasteiger partial charge in [0.1, 0.15) is 11.8 Å². The van der Waals surface area contributed by atoms with E-state index in [4.69, 9.17) is 26.2 Å². The van der Waals surface area contributed by atoms with E-state index in [-0.39, 0.29) is 50.1 Å². The third kappa shape index (κ3) is 11.6. The van der Waals surface area contributed by atoms with Crippen LogP contribution in [0.1, 0.15) is 90.2 Å². The Morgan fingerprint density at radius 1 is 0.956 bits per heavy atom. The van der Waals surface area contributed by atoms with Crippen LogP contribution in [0.2, 0.25) is 5.02 Å². The first kappa shape index (κ1) is 37.4. The summed E-state index contributed by atoms with van der Waals surface area (Å²) >= 11 is 6.04. The smallest absolute Gasteiger partial charge is 0.335 e. The number of carboxylic acid groups (broad SMARTS) is 1. The highest BCUT2D eigenvalue weighted by atomic mass is 35.5. The predicted molar refractivity (Wildman–Crippen MR) is 174 cm³/mol. The van der Waals surface area contributed by atoms with E-state index in [1.165, 1.54) is 60.3 Å². The molecular formula is C34H43ClF2N2O6. The maximum absolute atomic E-state index is 13.7. The Labute approximate surface area is 268 Å². The van der Waals surface area contributed by atoms with Gasteiger partial charge in [0, 0.05) is 27.9 Å². The number of anilines is 1. The van der Waals surface area contributed by atoms with Crippen LogP contribution >= 0.6 is 11.6 Å². The van der Waals surface area contributed by atoms with Crippen molar-refractivity contribution in [1.29, 1.82) is 0 Å². The summed E-state index contributed by atoms with van der Waals surface area (Å²) in [6.07, 6.45) is -1.19. The zero-order valence-electron chi connectivity index (χ0n) is 27.2. The lowest BCUT2D eigenvalue weighted by molar-refractivity contribution is -0.119. The molecule has 1 unspecified atom stereocenters. The van der Waals surface area contributed by atoms with Gasteiger partial charge < -0.3 is 19.9 Å². The summed E-state index contributed by atoms with van der Waals surface area (Å²) in [7, 11) is 1.34. The van der Waals surface area contributed by atoms with Crippen molar-refractivity contribution in [3.63, 3.8) is 0 Å². The first-order valence-electron chi connectivity index (χ1n) is 14.4. The normalized spacial score (nSPS) is 12.4. The fourth-order valence-corrected chi connectivity index (χ4v) is 4.90. The maximum Gasteiger partial charge on any atom is 0.335 e. The number of rotatable bonds is 9. The third-order valence-electron chi connectivity index (χ3n) is 6.15. The molecule has 0 bridgehead atoms. The molecule has 2 aromatic carbocycles. The Hall–Kier alpha value is -3.76. The van der Waals surface area contributed by atoms with E-state index in [1.54, 1.807) is 0 Å². The number of nitrogens with one attached hydrogen (secondary N) is 1. The van der Waals surface area contributed by atoms with Gasteiger partial charge >= 0.3 is 5.97 Å². The van der Waals surface area contributed by atoms with E-state index in [0.717, 1.165) is 6.07 Å². The summed E-state index contributed by atoms with van der Waals surface area (Å²) in [5.41, 5.74) is -0.324. The Morgan fingerprint density at radius 2 is 1.53 bits per heavy atom. The van der Waals surface area contributed by atoms with Crippen molar-refractivity contribution >= 4 is 29.2 Å². The Bertz CT molecular complexity index is 1510. The monoisotopic (exact) mass is 648 g/mol. The number of carboxylic acids is 1. The number of amides is 1. The second-order valence-electron chi connectivity index (χ2n) is 12.9. The molecule has 3 aromatic rings. The summed E-state index contributed by atoms with van der Waals surface area (Å²) < 4.78 is 39.6. The van der Waals surface area contributed by atoms with Gasteiger partial charge in [-0.3, -0.25) is 14.2 Å². The number of aromatic nitrogens is 1. The fraction of sp³-hybridized carbons (Fsp3) is 0.441. The van der Waals surface area contributed by atoms with Crippen molar-refractivity contribution in [3.05, 3.63) is 81.2 Å². The summed E-state index contributed by atoms with van der Waals surface area (Å²) in [6, 6.07) is 9.67. The lowest BCUT2D eigenvalue weighted by Gasteiger charge is -2.30. The molecule has 246 valence electrons. The molecule has 0 spiro atoms. The van der Waals surface area contributed by atoms with Crippen LogP contribution in [0.25, 0.3) is 11.1 Å². The Balaban J connectivity index is 0.000000681. The van der Waals surface area contributed by atoms with Gasteiger partial charge in [0.2, 0.25) is 5.91 Å². The number of hydrogen-bond donors (Lipinski definition) is 2. The van der Waals surface area contributed by atoms with Crippen molar-refractivity contribution in [3.8, 4) is 16.9 Å². The predicted octanol–water partition coefficient (Wildman–Crippen LogP) is 8.64. The van der Waals surface area contributed by atoms with Crippen molar-refractivity contribution in [2.45, 2.75) is 85.5 Å². The van der Waals surface area contributed by atoms with Crippen LogP contribution in [-0.2, 0) is 9.53 Å². The molecule has 1 heterocycles. The number of carbonyl (C=O) groups is 2. The highest BCUT2D eigenvalue weighted by molar-refractivity contribution is 6.30. The van der Waals surface area contributed by atoms with Gasteiger partial charge in [-0.1, -0.05) is 31.5 Å². The number of halogens is 3. The van der Waals surface area contributed by atoms with Gasteiger partial charge in [0.05, 0.1) is 30.1 Å². The molecule has 1 amide bonds. The summed E-state index contributed by atoms with van der Waals surface area (Å²) in [5.74, 6) is -1.46. The highest BCUT2D eigenvalue weighted by Crippen LogP contribution is 2.38. The zero-order chi connectivity index (χ0) is 34.3. The number of methoxy groups -OCH3 is 1. The molecule has 0 saturated heterocycles. The van der Waals surface area contributed by atoms with Crippen molar-refractivity contribution in [1.82, 2.24) is 4.57 Å². The topological polar surface area (TPSA) is 107 Å². The molecule has 0 saturated carbocycles. The first-order valence-corrected chi connectivity index (χ1v) is 14.8. The first-order chi connectivity index (χ1) is 20.7. The average molecular weight is 649 g/mol. The number of hydrogen-bond acceptors (Lipinski definition) is 5. The molecule has 0 aliphatic heterocycles. The number of carbonyl (C=O) groups excluding carboxylic acids is 1. The molecule has 45 heavy (non-hydrogen) atoms. The molecule has 8 nitrogen and oxygen atoms in total. The number of pyridine rings is 1. The standard InChI is InChI=1S/C26H25ClF2N2O5.C8H18O/c1-14(2)10-21(25(33)30-17-7-4-15(5-8-17)26(34)35)31-13-22(36-3)20(12-23(31)32)19-11-16(27)6-9-18(19)24(28)29;1-7(2,3)9-8(4,5)6/h4-9,11-14,21,24H,10H2,1-3H3,(H,30,33)(H,34,35);1-6H3. The van der Waals surface area contributed by atoms with Crippen LogP contribution in [-0.4, -0.2) is 39.9 Å². The number of ether oxygens (including phenoxy) is 2. The van der Waals surface area contributed by atoms with E-state index < -0.39 is 29.9 Å². The molecule has 1 atom stereocenters. The largest absolute Gasteiger partial charge is 0.495 e. The molecule has 0 fully saturated rings. The Morgan fingerprint density at radius 3 is 1.98 bits per heavy atom. The second kappa shape index (κ2) is 15.5. The SMILES string of the molecule is CC(C)(C)OC(C)(C)C.COc1cn(C(CC(C)C)C(=O)Nc2ccc(C(=O)O)cc2)c(=O)cc1-c1cc(Cl)ccc1C(F)F. The van der Waals surface area contributed by atoms with Crippen molar-refractivity contribution in [2.75, 3.05) is 12.4 Å². The lowest BCUT2D eigenvalue weighted by Crippen LogP contribution is -2.34. The van der Waals surface area contributed by atoms with Crippen LogP contribution in [0.5, 0.6) is 5.75 Å². The van der Waals surface area contributed by atoms with E-state index in [1.807, 2.05) is 13.8 Å². The Kier molecular flexibility index (Phi) is 12.9. The fourth-order valence-electron chi connectivity index (χ4n) is 4.73. The van der Waals surface area contributed by atoms with Gasteiger partial charge in [-0.15, -0.1) is 0 Å². The zero-order valence-corrected chi connectivity index (χ0v) is 28.0. The van der Waals surface area contributed by atoms with Gasteiger partial charge in [0.25, 0.3) is 12.0 Å². The van der Waals surface area contributed by atoms with Crippen LogP contribution < -0.4 is 15.6 Å². The molecule has 0 aliphatic rings. The molecule has 3 rings (SSSR count). The number of aromatic carboxylic acids is 1. The minimum absolute atomic E-state index is 0.0156. The highest BCUT2D eigenvalue weighted by Gasteiger charge is 2.26. The molecule has 1 aromatic heterocycles. The lowest BCUT2D eigenvalue weighted by atomic mass is 9.98. The van der Waals surface area contributed by atoms with Crippen LogP contribution in [0.15, 0.2) is 59.5 Å². The summed E-state index contributed by atoms with van der Waals surface area (Å²) in [5, 5.41) is 12.0. The minimum atomic E-state index is -2.81. The average Bonchev–Trinajstić information content (AvgIpc) is 2.90. The quantitative estimate of drug-likeness (QED) is 0.241. The van der Waals surface area contributed by atoms with E-state index in [9.17, 15) is 23.2 Å². The molecular weight excluding hydrogens is 606 g/mol. The summed E-state index contributed by atoms with van der Waals surface area (Å²) in [6.45, 7) is 16.2. The molecule has 0 aliphatic carbocycles. The minimum Gasteiger partial charge on any atom is -0.495 e. The van der Waals surface area contributed by atoms with E-state index in [2.05, 4.69) is 46.9 Å². The number of benzene rings is 2. The van der Waals surface area contributed by atoms with Gasteiger partial charge in [-0.25, -0.2) is 13.6 Å². The van der Waals surface area contributed by atoms with Gasteiger partial charge in [0.15, 0.2) is 0 Å². The maximum atomic E-state index is 13.7. The van der Waals surface area contributed by atoms with E-state index in [0.29, 0.717) is 12.1 Å². The molecule has 11 heteroatoms.